The molecule has 2 heterocycles. The third-order valence-corrected chi connectivity index (χ3v) is 2.57. The van der Waals surface area contributed by atoms with E-state index in [0.717, 1.165) is 16.7 Å². The molecule has 3 rings (SSSR count). The fraction of sp³-hybridized carbons (Fsp3) is 0.0909. The minimum absolute atomic E-state index is 0.237. The van der Waals surface area contributed by atoms with E-state index in [4.69, 9.17) is 5.26 Å². The number of nitrogens with zero attached hydrogens (tertiary/aromatic N) is 7. The third-order valence-electron chi connectivity index (χ3n) is 2.57. The van der Waals surface area contributed by atoms with Gasteiger partial charge in [0.1, 0.15) is 22.7 Å². The number of anilines is 1. The van der Waals surface area contributed by atoms with Gasteiger partial charge in [0, 0.05) is 18.9 Å². The second-order valence-electron chi connectivity index (χ2n) is 3.94. The molecular formula is C11H9N9. The zero-order valence-corrected chi connectivity index (χ0v) is 10.4. The van der Waals surface area contributed by atoms with E-state index in [1.807, 2.05) is 24.3 Å². The van der Waals surface area contributed by atoms with Crippen LogP contribution in [-0.4, -0.2) is 35.6 Å². The lowest BCUT2D eigenvalue weighted by molar-refractivity contribution is 0.665. The summed E-state index contributed by atoms with van der Waals surface area (Å²) in [7, 11) is 1.76. The average molecular weight is 267 g/mol. The number of hydrogen-bond donors (Lipinski definition) is 2. The Balaban J connectivity index is 1.87. The first-order chi connectivity index (χ1) is 9.76. The molecule has 0 spiro atoms. The summed E-state index contributed by atoms with van der Waals surface area (Å²) >= 11 is 0. The first-order valence-electron chi connectivity index (χ1n) is 5.68. The van der Waals surface area contributed by atoms with Gasteiger partial charge in [-0.25, -0.2) is 0 Å². The van der Waals surface area contributed by atoms with Crippen LogP contribution in [0.4, 0.5) is 5.69 Å². The molecule has 0 aliphatic heterocycles. The van der Waals surface area contributed by atoms with E-state index in [1.54, 1.807) is 7.05 Å². The van der Waals surface area contributed by atoms with E-state index in [1.165, 1.54) is 11.0 Å². The maximum atomic E-state index is 9.05. The minimum atomic E-state index is 0.237. The van der Waals surface area contributed by atoms with Crippen LogP contribution in [0.15, 0.2) is 24.4 Å². The highest BCUT2D eigenvalue weighted by Gasteiger charge is 2.06. The molecule has 0 saturated carbocycles. The highest BCUT2D eigenvalue weighted by molar-refractivity contribution is 5.79. The fourth-order valence-electron chi connectivity index (χ4n) is 1.69. The quantitative estimate of drug-likeness (QED) is 0.661. The number of tetrazole rings is 1. The molecular weight excluding hydrogens is 258 g/mol. The molecule has 0 saturated heterocycles. The Hall–Kier alpha value is -3.28. The lowest BCUT2D eigenvalue weighted by atomic mass is 10.2. The Bertz CT molecular complexity index is 806. The number of aromatic nitrogens is 7. The summed E-state index contributed by atoms with van der Waals surface area (Å²) in [6.07, 6.45) is 1.52. The molecule has 20 heavy (non-hydrogen) atoms. The summed E-state index contributed by atoms with van der Waals surface area (Å²) < 4.78 is 0. The average Bonchev–Trinajstić information content (AvgIpc) is 3.07. The van der Waals surface area contributed by atoms with Crippen LogP contribution in [0.3, 0.4) is 0 Å². The highest BCUT2D eigenvalue weighted by atomic mass is 15.5. The van der Waals surface area contributed by atoms with Gasteiger partial charge < -0.3 is 5.32 Å². The molecule has 3 aromatic rings. The Morgan fingerprint density at radius 1 is 1.40 bits per heavy atom. The highest BCUT2D eigenvalue weighted by Crippen LogP contribution is 2.16. The Labute approximate surface area is 112 Å². The number of aryl methyl sites for hydroxylation is 1. The lowest BCUT2D eigenvalue weighted by Crippen LogP contribution is -1.93. The standard InChI is InChI=1S/C11H9N9/c1-20-16-9-3-2-8(4-10(9)17-20)13-6-7(5-12)11-14-18-19-15-11/h2-4,6,13H,1H3,(H,14,15,18,19). The largest absolute Gasteiger partial charge is 0.360 e. The molecule has 1 aromatic carbocycles. The Kier molecular flexibility index (Phi) is 2.81. The summed E-state index contributed by atoms with van der Waals surface area (Å²) in [4.78, 5) is 1.50. The second kappa shape index (κ2) is 4.77. The van der Waals surface area contributed by atoms with Crippen LogP contribution in [0.1, 0.15) is 5.82 Å². The van der Waals surface area contributed by atoms with Crippen LogP contribution in [0.5, 0.6) is 0 Å². The number of allylic oxidation sites excluding steroid dienone is 1. The molecule has 0 atom stereocenters. The fourth-order valence-corrected chi connectivity index (χ4v) is 1.69. The number of nitrogens with one attached hydrogen (secondary N) is 2. The van der Waals surface area contributed by atoms with Crippen molar-refractivity contribution in [2.45, 2.75) is 0 Å². The zero-order valence-electron chi connectivity index (χ0n) is 10.4. The Morgan fingerprint density at radius 2 is 2.25 bits per heavy atom. The van der Waals surface area contributed by atoms with E-state index < -0.39 is 0 Å². The molecule has 0 aliphatic rings. The third kappa shape index (κ3) is 2.17. The molecule has 0 aliphatic carbocycles. The van der Waals surface area contributed by atoms with Gasteiger partial charge in [0.05, 0.1) is 0 Å². The Morgan fingerprint density at radius 3 is 3.00 bits per heavy atom. The van der Waals surface area contributed by atoms with Crippen molar-refractivity contribution in [2.24, 2.45) is 7.05 Å². The van der Waals surface area contributed by atoms with Gasteiger partial charge in [-0.3, -0.25) is 0 Å². The molecule has 0 unspecified atom stereocenters. The van der Waals surface area contributed by atoms with E-state index in [-0.39, 0.29) is 11.4 Å². The smallest absolute Gasteiger partial charge is 0.216 e. The van der Waals surface area contributed by atoms with Gasteiger partial charge in [-0.05, 0) is 23.4 Å². The molecule has 9 nitrogen and oxygen atoms in total. The topological polar surface area (TPSA) is 121 Å². The van der Waals surface area contributed by atoms with Gasteiger partial charge in [-0.1, -0.05) is 0 Å². The predicted molar refractivity (Wildman–Crippen MR) is 69.9 cm³/mol. The number of nitriles is 1. The maximum absolute atomic E-state index is 9.05. The summed E-state index contributed by atoms with van der Waals surface area (Å²) in [6, 6.07) is 7.53. The van der Waals surface area contributed by atoms with Crippen molar-refractivity contribution < 1.29 is 0 Å². The summed E-state index contributed by atoms with van der Waals surface area (Å²) in [5.41, 5.74) is 2.64. The van der Waals surface area contributed by atoms with Crippen molar-refractivity contribution in [1.82, 2.24) is 35.6 Å². The molecule has 2 N–H and O–H groups in total. The lowest BCUT2D eigenvalue weighted by Gasteiger charge is -2.00. The number of rotatable bonds is 3. The molecule has 9 heteroatoms. The number of hydrogen-bond acceptors (Lipinski definition) is 7. The van der Waals surface area contributed by atoms with E-state index in [9.17, 15) is 0 Å². The SMILES string of the molecule is Cn1nc2ccc(NC=C(C#N)c3nn[nH]n3)cc2n1. The molecule has 0 amide bonds. The van der Waals surface area contributed by atoms with E-state index in [0.29, 0.717) is 0 Å². The van der Waals surface area contributed by atoms with Gasteiger partial charge in [0.25, 0.3) is 0 Å². The van der Waals surface area contributed by atoms with E-state index in [2.05, 4.69) is 36.1 Å². The summed E-state index contributed by atoms with van der Waals surface area (Å²) in [6.45, 7) is 0. The van der Waals surface area contributed by atoms with Crippen LogP contribution < -0.4 is 5.32 Å². The minimum Gasteiger partial charge on any atom is -0.360 e. The monoisotopic (exact) mass is 267 g/mol. The second-order valence-corrected chi connectivity index (χ2v) is 3.94. The summed E-state index contributed by atoms with van der Waals surface area (Å²) in [5, 5.41) is 33.7. The first kappa shape index (κ1) is 11.8. The van der Waals surface area contributed by atoms with Crippen molar-refractivity contribution in [3.63, 3.8) is 0 Å². The van der Waals surface area contributed by atoms with Crippen LogP contribution in [0.2, 0.25) is 0 Å². The molecule has 2 aromatic heterocycles. The molecule has 0 fully saturated rings. The maximum Gasteiger partial charge on any atom is 0.216 e. The number of fused-ring (bicyclic) bond motifs is 1. The zero-order chi connectivity index (χ0) is 13.9. The van der Waals surface area contributed by atoms with Crippen molar-refractivity contribution >= 4 is 22.3 Å². The van der Waals surface area contributed by atoms with Gasteiger partial charge in [-0.2, -0.15) is 25.5 Å². The van der Waals surface area contributed by atoms with E-state index >= 15 is 0 Å². The molecule has 98 valence electrons. The predicted octanol–water partition coefficient (Wildman–Crippen LogP) is 0.458. The van der Waals surface area contributed by atoms with Crippen LogP contribution >= 0.6 is 0 Å². The number of H-pyrrole nitrogens is 1. The normalized spacial score (nSPS) is 11.5. The van der Waals surface area contributed by atoms with Crippen molar-refractivity contribution in [2.75, 3.05) is 5.32 Å². The molecule has 0 bridgehead atoms. The van der Waals surface area contributed by atoms with Crippen molar-refractivity contribution in [1.29, 1.82) is 5.26 Å². The number of benzene rings is 1. The van der Waals surface area contributed by atoms with Gasteiger partial charge >= 0.3 is 0 Å². The van der Waals surface area contributed by atoms with Crippen LogP contribution in [0, 0.1) is 11.3 Å². The van der Waals surface area contributed by atoms with Gasteiger partial charge in [0.2, 0.25) is 5.82 Å². The van der Waals surface area contributed by atoms with Crippen molar-refractivity contribution in [3.05, 3.63) is 30.2 Å². The first-order valence-corrected chi connectivity index (χ1v) is 5.68. The van der Waals surface area contributed by atoms with Crippen molar-refractivity contribution in [3.8, 4) is 6.07 Å². The summed E-state index contributed by atoms with van der Waals surface area (Å²) in [5.74, 6) is 0.237. The molecule has 0 radical (unpaired) electrons. The van der Waals surface area contributed by atoms with Gasteiger partial charge in [-0.15, -0.1) is 10.2 Å². The van der Waals surface area contributed by atoms with Crippen LogP contribution in [0.25, 0.3) is 16.6 Å². The number of aromatic amines is 1. The van der Waals surface area contributed by atoms with Crippen LogP contribution in [-0.2, 0) is 7.05 Å². The van der Waals surface area contributed by atoms with Gasteiger partial charge in [0.15, 0.2) is 0 Å².